The summed E-state index contributed by atoms with van der Waals surface area (Å²) in [5.74, 6) is 0.158. The van der Waals surface area contributed by atoms with Crippen molar-refractivity contribution in [2.24, 2.45) is 5.92 Å². The number of rotatable bonds is 2. The predicted molar refractivity (Wildman–Crippen MR) is 96.5 cm³/mol. The molecule has 3 aliphatic heterocycles. The SMILES string of the molecule is CC1(C)C(NC(=O)c2cc3cccc(C(F)(F)F)c3s2)C2CCN1CC2. The molecular formula is C19H21F3N2OS. The van der Waals surface area contributed by atoms with Gasteiger partial charge in [0, 0.05) is 16.3 Å². The molecule has 1 atom stereocenters. The normalized spacial score (nSPS) is 27.7. The first kappa shape index (κ1) is 17.8. The minimum absolute atomic E-state index is 0.0183. The topological polar surface area (TPSA) is 32.3 Å². The van der Waals surface area contributed by atoms with Gasteiger partial charge in [-0.3, -0.25) is 9.69 Å². The number of hydrogen-bond donors (Lipinski definition) is 1. The maximum absolute atomic E-state index is 13.2. The molecule has 3 saturated heterocycles. The van der Waals surface area contributed by atoms with Crippen molar-refractivity contribution < 1.29 is 18.0 Å². The molecule has 7 heteroatoms. The van der Waals surface area contributed by atoms with Gasteiger partial charge in [-0.25, -0.2) is 0 Å². The average Bonchev–Trinajstić information content (AvgIpc) is 3.01. The van der Waals surface area contributed by atoms with E-state index in [1.807, 2.05) is 0 Å². The lowest BCUT2D eigenvalue weighted by atomic mass is 9.72. The van der Waals surface area contributed by atoms with Crippen molar-refractivity contribution in [3.8, 4) is 0 Å². The minimum atomic E-state index is -4.42. The number of halogens is 3. The summed E-state index contributed by atoms with van der Waals surface area (Å²) in [5, 5.41) is 3.59. The Morgan fingerprint density at radius 2 is 1.96 bits per heavy atom. The second-order valence-corrected chi connectivity index (χ2v) is 8.81. The molecule has 1 amide bonds. The number of thiophene rings is 1. The summed E-state index contributed by atoms with van der Waals surface area (Å²) in [5.41, 5.74) is -0.813. The van der Waals surface area contributed by atoms with E-state index in [0.717, 1.165) is 43.3 Å². The van der Waals surface area contributed by atoms with E-state index >= 15 is 0 Å². The van der Waals surface area contributed by atoms with Gasteiger partial charge in [0.05, 0.1) is 10.4 Å². The lowest BCUT2D eigenvalue weighted by molar-refractivity contribution is -0.136. The molecule has 0 radical (unpaired) electrons. The predicted octanol–water partition coefficient (Wildman–Crippen LogP) is 4.52. The van der Waals surface area contributed by atoms with Crippen LogP contribution < -0.4 is 5.32 Å². The summed E-state index contributed by atoms with van der Waals surface area (Å²) in [6.45, 7) is 6.36. The third kappa shape index (κ3) is 2.81. The third-order valence-electron chi connectivity index (χ3n) is 5.95. The highest BCUT2D eigenvalue weighted by molar-refractivity contribution is 7.21. The molecule has 3 aliphatic rings. The number of hydrogen-bond acceptors (Lipinski definition) is 3. The molecule has 1 unspecified atom stereocenters. The van der Waals surface area contributed by atoms with Crippen molar-refractivity contribution in [3.05, 3.63) is 34.7 Å². The number of amides is 1. The Kier molecular flexibility index (Phi) is 4.08. The molecule has 26 heavy (non-hydrogen) atoms. The van der Waals surface area contributed by atoms with Crippen LogP contribution in [0.15, 0.2) is 24.3 Å². The second-order valence-electron chi connectivity index (χ2n) is 7.76. The van der Waals surface area contributed by atoms with Gasteiger partial charge < -0.3 is 5.32 Å². The Morgan fingerprint density at radius 3 is 2.58 bits per heavy atom. The zero-order valence-corrected chi connectivity index (χ0v) is 15.5. The van der Waals surface area contributed by atoms with Crippen molar-refractivity contribution in [1.82, 2.24) is 10.2 Å². The van der Waals surface area contributed by atoms with E-state index in [1.165, 1.54) is 6.07 Å². The van der Waals surface area contributed by atoms with Gasteiger partial charge in [0.2, 0.25) is 0 Å². The van der Waals surface area contributed by atoms with Crippen LogP contribution in [0.3, 0.4) is 0 Å². The minimum Gasteiger partial charge on any atom is -0.346 e. The van der Waals surface area contributed by atoms with Crippen molar-refractivity contribution >= 4 is 27.3 Å². The Balaban J connectivity index is 1.63. The van der Waals surface area contributed by atoms with E-state index in [-0.39, 0.29) is 22.2 Å². The molecule has 2 aromatic rings. The molecule has 0 aliphatic carbocycles. The molecule has 1 N–H and O–H groups in total. The van der Waals surface area contributed by atoms with Crippen LogP contribution >= 0.6 is 11.3 Å². The molecule has 5 rings (SSSR count). The molecule has 4 heterocycles. The van der Waals surface area contributed by atoms with Gasteiger partial charge in [-0.1, -0.05) is 12.1 Å². The van der Waals surface area contributed by atoms with Gasteiger partial charge in [-0.15, -0.1) is 11.3 Å². The Morgan fingerprint density at radius 1 is 1.27 bits per heavy atom. The lowest BCUT2D eigenvalue weighted by Crippen LogP contribution is -2.69. The van der Waals surface area contributed by atoms with Crippen LogP contribution in [-0.2, 0) is 6.18 Å². The van der Waals surface area contributed by atoms with Crippen LogP contribution in [0.2, 0.25) is 0 Å². The maximum atomic E-state index is 13.2. The van der Waals surface area contributed by atoms with Gasteiger partial charge in [-0.2, -0.15) is 13.2 Å². The number of carbonyl (C=O) groups excluding carboxylic acids is 1. The highest BCUT2D eigenvalue weighted by Gasteiger charge is 2.48. The zero-order chi connectivity index (χ0) is 18.7. The molecule has 2 bridgehead atoms. The number of benzene rings is 1. The summed E-state index contributed by atoms with van der Waals surface area (Å²) in [6.07, 6.45) is -2.31. The van der Waals surface area contributed by atoms with Crippen LogP contribution in [0.1, 0.15) is 41.9 Å². The van der Waals surface area contributed by atoms with Crippen LogP contribution in [0.4, 0.5) is 13.2 Å². The molecule has 1 aromatic carbocycles. The zero-order valence-electron chi connectivity index (χ0n) is 14.7. The molecule has 3 fully saturated rings. The fourth-order valence-electron chi connectivity index (χ4n) is 4.49. The molecular weight excluding hydrogens is 361 g/mol. The number of alkyl halides is 3. The fourth-order valence-corrected chi connectivity index (χ4v) is 5.58. The van der Waals surface area contributed by atoms with Crippen LogP contribution in [0.5, 0.6) is 0 Å². The summed E-state index contributed by atoms with van der Waals surface area (Å²) >= 11 is 0.922. The van der Waals surface area contributed by atoms with E-state index < -0.39 is 11.7 Å². The Hall–Kier alpha value is -1.60. The van der Waals surface area contributed by atoms with E-state index in [4.69, 9.17) is 0 Å². The van der Waals surface area contributed by atoms with Crippen LogP contribution in [0, 0.1) is 5.92 Å². The summed E-state index contributed by atoms with van der Waals surface area (Å²) < 4.78 is 39.7. The quantitative estimate of drug-likeness (QED) is 0.828. The first-order valence-corrected chi connectivity index (χ1v) is 9.65. The number of piperidine rings is 3. The molecule has 0 saturated carbocycles. The molecule has 0 spiro atoms. The molecule has 1 aromatic heterocycles. The average molecular weight is 382 g/mol. The lowest BCUT2D eigenvalue weighted by Gasteiger charge is -2.56. The number of nitrogens with one attached hydrogen (secondary N) is 1. The van der Waals surface area contributed by atoms with Crippen molar-refractivity contribution in [2.75, 3.05) is 13.1 Å². The van der Waals surface area contributed by atoms with E-state index in [1.54, 1.807) is 12.1 Å². The first-order chi connectivity index (χ1) is 12.2. The van der Waals surface area contributed by atoms with Gasteiger partial charge in [0.1, 0.15) is 0 Å². The largest absolute Gasteiger partial charge is 0.417 e. The van der Waals surface area contributed by atoms with Gasteiger partial charge in [0.15, 0.2) is 0 Å². The number of nitrogens with zero attached hydrogens (tertiary/aromatic N) is 1. The highest BCUT2D eigenvalue weighted by atomic mass is 32.1. The van der Waals surface area contributed by atoms with Gasteiger partial charge in [-0.05, 0) is 63.2 Å². The van der Waals surface area contributed by atoms with Gasteiger partial charge in [0.25, 0.3) is 5.91 Å². The smallest absolute Gasteiger partial charge is 0.346 e. The second kappa shape index (κ2) is 5.96. The molecule has 3 nitrogen and oxygen atoms in total. The molecule has 140 valence electrons. The summed E-state index contributed by atoms with van der Waals surface area (Å²) in [6, 6.07) is 5.66. The monoisotopic (exact) mass is 382 g/mol. The summed E-state index contributed by atoms with van der Waals surface area (Å²) in [4.78, 5) is 15.5. The van der Waals surface area contributed by atoms with Crippen LogP contribution in [0.25, 0.3) is 10.1 Å². The first-order valence-electron chi connectivity index (χ1n) is 8.83. The van der Waals surface area contributed by atoms with Crippen molar-refractivity contribution in [3.63, 3.8) is 0 Å². The highest BCUT2D eigenvalue weighted by Crippen LogP contribution is 2.41. The van der Waals surface area contributed by atoms with Gasteiger partial charge >= 0.3 is 6.18 Å². The van der Waals surface area contributed by atoms with E-state index in [2.05, 4.69) is 24.1 Å². The van der Waals surface area contributed by atoms with E-state index in [9.17, 15) is 18.0 Å². The Bertz CT molecular complexity index is 850. The number of fused-ring (bicyclic) bond motifs is 4. The fraction of sp³-hybridized carbons (Fsp3) is 0.526. The van der Waals surface area contributed by atoms with Crippen LogP contribution in [-0.4, -0.2) is 35.5 Å². The summed E-state index contributed by atoms with van der Waals surface area (Å²) in [7, 11) is 0. The Labute approximate surface area is 154 Å². The number of carbonyl (C=O) groups is 1. The van der Waals surface area contributed by atoms with E-state index in [0.29, 0.717) is 16.2 Å². The third-order valence-corrected chi connectivity index (χ3v) is 7.13. The maximum Gasteiger partial charge on any atom is 0.417 e. The van der Waals surface area contributed by atoms with Crippen molar-refractivity contribution in [1.29, 1.82) is 0 Å². The van der Waals surface area contributed by atoms with Crippen molar-refractivity contribution in [2.45, 2.75) is 44.4 Å². The standard InChI is InChI=1S/C19H21F3N2OS/c1-18(2)16(11-6-8-24(18)9-7-11)23-17(25)14-10-12-4-3-5-13(15(12)26-14)19(20,21)22/h3-5,10-11,16H,6-9H2,1-2H3,(H,23,25).